The number of alkyl halides is 3. The number of halogens is 3. The molecule has 0 radical (unpaired) electrons. The Morgan fingerprint density at radius 2 is 1.62 bits per heavy atom. The molecule has 4 nitrogen and oxygen atoms in total. The molecule has 0 aliphatic heterocycles. The fourth-order valence-corrected chi connectivity index (χ4v) is 4.86. The minimum absolute atomic E-state index is 0.285. The van der Waals surface area contributed by atoms with Gasteiger partial charge in [0.05, 0.1) is 15.2 Å². The Hall–Kier alpha value is -1.74. The van der Waals surface area contributed by atoms with Gasteiger partial charge in [-0.05, 0) is 34.2 Å². The first-order valence-electron chi connectivity index (χ1n) is 6.99. The summed E-state index contributed by atoms with van der Waals surface area (Å²) in [5, 5.41) is 1.89. The van der Waals surface area contributed by atoms with E-state index in [1.54, 1.807) is 18.2 Å². The average molecular weight is 378 g/mol. The molecule has 9 heteroatoms. The van der Waals surface area contributed by atoms with E-state index in [2.05, 4.69) is 4.18 Å². The Kier molecular flexibility index (Phi) is 4.62. The second-order valence-corrected chi connectivity index (χ2v) is 12.8. The number of hydrogen-bond acceptors (Lipinski definition) is 4. The summed E-state index contributed by atoms with van der Waals surface area (Å²) in [4.78, 5) is 0. The molecule has 0 unspecified atom stereocenters. The van der Waals surface area contributed by atoms with Gasteiger partial charge in [0.15, 0.2) is 0 Å². The lowest BCUT2D eigenvalue weighted by Gasteiger charge is -2.23. The van der Waals surface area contributed by atoms with Crippen molar-refractivity contribution in [1.29, 1.82) is 0 Å². The summed E-state index contributed by atoms with van der Waals surface area (Å²) >= 11 is 0. The van der Waals surface area contributed by atoms with E-state index < -0.39 is 23.7 Å². The quantitative estimate of drug-likeness (QED) is 0.463. The number of hydrogen-bond donors (Lipinski definition) is 0. The summed E-state index contributed by atoms with van der Waals surface area (Å²) in [5.74, 6) is 0.241. The van der Waals surface area contributed by atoms with Crippen molar-refractivity contribution in [1.82, 2.24) is 0 Å². The minimum Gasteiger partial charge on any atom is -0.497 e. The largest absolute Gasteiger partial charge is 0.534 e. The van der Waals surface area contributed by atoms with E-state index in [1.807, 2.05) is 19.6 Å². The SMILES string of the molecule is COc1ccc2ccc(OS(=O)(=O)C(F)(F)F)c([Si](C)(C)C)c2c1. The fourth-order valence-electron chi connectivity index (χ4n) is 2.41. The second kappa shape index (κ2) is 5.96. The molecular formula is C15H17F3O4SSi. The van der Waals surface area contributed by atoms with Crippen LogP contribution in [-0.2, 0) is 10.1 Å². The van der Waals surface area contributed by atoms with Gasteiger partial charge in [-0.15, -0.1) is 0 Å². The third-order valence-corrected chi connectivity index (χ3v) is 6.41. The van der Waals surface area contributed by atoms with E-state index in [0.717, 1.165) is 5.39 Å². The van der Waals surface area contributed by atoms with Gasteiger partial charge in [0.1, 0.15) is 11.5 Å². The molecular weight excluding hydrogens is 361 g/mol. The summed E-state index contributed by atoms with van der Waals surface area (Å²) < 4.78 is 70.4. The summed E-state index contributed by atoms with van der Waals surface area (Å²) in [6, 6.07) is 7.96. The van der Waals surface area contributed by atoms with Crippen molar-refractivity contribution in [2.24, 2.45) is 0 Å². The van der Waals surface area contributed by atoms with Gasteiger partial charge < -0.3 is 8.92 Å². The highest BCUT2D eigenvalue weighted by molar-refractivity contribution is 7.88. The van der Waals surface area contributed by atoms with Gasteiger partial charge >= 0.3 is 15.6 Å². The number of rotatable bonds is 4. The highest BCUT2D eigenvalue weighted by Gasteiger charge is 2.49. The van der Waals surface area contributed by atoms with Gasteiger partial charge in [0.25, 0.3) is 0 Å². The highest BCUT2D eigenvalue weighted by Crippen LogP contribution is 2.31. The van der Waals surface area contributed by atoms with Crippen molar-refractivity contribution in [2.75, 3.05) is 7.11 Å². The van der Waals surface area contributed by atoms with E-state index in [0.29, 0.717) is 16.3 Å². The Balaban J connectivity index is 2.75. The molecule has 0 amide bonds. The molecule has 0 atom stereocenters. The molecule has 0 aliphatic rings. The van der Waals surface area contributed by atoms with E-state index in [-0.39, 0.29) is 5.75 Å². The molecule has 0 heterocycles. The molecule has 0 saturated heterocycles. The standard InChI is InChI=1S/C15H17F3O4SSi/c1-21-11-7-5-10-6-8-13(22-23(19,20)15(16,17)18)14(12(10)9-11)24(2,3)4/h5-9H,1-4H3. The first-order chi connectivity index (χ1) is 10.9. The molecule has 2 aromatic carbocycles. The van der Waals surface area contributed by atoms with Crippen LogP contribution in [0.1, 0.15) is 0 Å². The first-order valence-corrected chi connectivity index (χ1v) is 11.9. The lowest BCUT2D eigenvalue weighted by atomic mass is 10.1. The van der Waals surface area contributed by atoms with Crippen LogP contribution in [-0.4, -0.2) is 29.1 Å². The van der Waals surface area contributed by atoms with Crippen molar-refractivity contribution in [3.8, 4) is 11.5 Å². The summed E-state index contributed by atoms with van der Waals surface area (Å²) in [7, 11) is -6.50. The van der Waals surface area contributed by atoms with Crippen LogP contribution in [0.4, 0.5) is 13.2 Å². The molecule has 0 bridgehead atoms. The fraction of sp³-hybridized carbons (Fsp3) is 0.333. The van der Waals surface area contributed by atoms with Gasteiger partial charge in [0.2, 0.25) is 0 Å². The maximum atomic E-state index is 12.7. The van der Waals surface area contributed by atoms with E-state index in [4.69, 9.17) is 4.74 Å². The lowest BCUT2D eigenvalue weighted by molar-refractivity contribution is -0.0499. The van der Waals surface area contributed by atoms with Gasteiger partial charge in [-0.25, -0.2) is 0 Å². The first kappa shape index (κ1) is 18.6. The topological polar surface area (TPSA) is 52.6 Å². The molecule has 0 fully saturated rings. The Labute approximate surface area is 139 Å². The molecule has 0 N–H and O–H groups in total. The Morgan fingerprint density at radius 3 is 2.12 bits per heavy atom. The zero-order valence-electron chi connectivity index (χ0n) is 13.6. The predicted octanol–water partition coefficient (Wildman–Crippen LogP) is 3.62. The van der Waals surface area contributed by atoms with Crippen LogP contribution < -0.4 is 14.1 Å². The maximum absolute atomic E-state index is 12.7. The van der Waals surface area contributed by atoms with Gasteiger partial charge in [-0.1, -0.05) is 31.8 Å². The zero-order valence-corrected chi connectivity index (χ0v) is 15.4. The van der Waals surface area contributed by atoms with E-state index in [9.17, 15) is 21.6 Å². The number of fused-ring (bicyclic) bond motifs is 1. The van der Waals surface area contributed by atoms with Crippen LogP contribution in [0.25, 0.3) is 10.8 Å². The Bertz CT molecular complexity index is 871. The third-order valence-electron chi connectivity index (χ3n) is 3.42. The summed E-state index contributed by atoms with van der Waals surface area (Å²) in [6.45, 7) is 5.69. The van der Waals surface area contributed by atoms with E-state index >= 15 is 0 Å². The van der Waals surface area contributed by atoms with E-state index in [1.165, 1.54) is 19.2 Å². The number of methoxy groups -OCH3 is 1. The third kappa shape index (κ3) is 3.51. The van der Waals surface area contributed by atoms with Crippen LogP contribution in [0, 0.1) is 0 Å². The smallest absolute Gasteiger partial charge is 0.497 e. The maximum Gasteiger partial charge on any atom is 0.534 e. The van der Waals surface area contributed by atoms with Crippen LogP contribution in [0.3, 0.4) is 0 Å². The molecule has 2 rings (SSSR count). The van der Waals surface area contributed by atoms with Crippen molar-refractivity contribution in [3.63, 3.8) is 0 Å². The lowest BCUT2D eigenvalue weighted by Crippen LogP contribution is -2.41. The Morgan fingerprint density at radius 1 is 1.04 bits per heavy atom. The average Bonchev–Trinajstić information content (AvgIpc) is 2.43. The molecule has 24 heavy (non-hydrogen) atoms. The monoisotopic (exact) mass is 378 g/mol. The second-order valence-electron chi connectivity index (χ2n) is 6.26. The number of ether oxygens (including phenoxy) is 1. The summed E-state index contributed by atoms with van der Waals surface area (Å²) in [5.41, 5.74) is -5.48. The molecule has 0 aromatic heterocycles. The number of benzene rings is 2. The van der Waals surface area contributed by atoms with Crippen molar-refractivity contribution in [2.45, 2.75) is 25.1 Å². The van der Waals surface area contributed by atoms with Crippen LogP contribution in [0.5, 0.6) is 11.5 Å². The normalized spacial score (nSPS) is 13.1. The molecule has 0 spiro atoms. The van der Waals surface area contributed by atoms with Crippen LogP contribution in [0.2, 0.25) is 19.6 Å². The minimum atomic E-state index is -5.73. The predicted molar refractivity (Wildman–Crippen MR) is 89.1 cm³/mol. The van der Waals surface area contributed by atoms with Crippen molar-refractivity contribution >= 4 is 34.2 Å². The van der Waals surface area contributed by atoms with Crippen LogP contribution in [0.15, 0.2) is 30.3 Å². The van der Waals surface area contributed by atoms with Gasteiger partial charge in [-0.3, -0.25) is 0 Å². The van der Waals surface area contributed by atoms with Gasteiger partial charge in [0, 0.05) is 0 Å². The van der Waals surface area contributed by atoms with Crippen molar-refractivity contribution < 1.29 is 30.5 Å². The van der Waals surface area contributed by atoms with Crippen LogP contribution >= 0.6 is 0 Å². The molecule has 0 saturated carbocycles. The van der Waals surface area contributed by atoms with Gasteiger partial charge in [-0.2, -0.15) is 21.6 Å². The highest BCUT2D eigenvalue weighted by atomic mass is 32.2. The molecule has 132 valence electrons. The zero-order chi connectivity index (χ0) is 18.3. The molecule has 0 aliphatic carbocycles. The van der Waals surface area contributed by atoms with Crippen molar-refractivity contribution in [3.05, 3.63) is 30.3 Å². The summed E-state index contributed by atoms with van der Waals surface area (Å²) in [6.07, 6.45) is 0. The molecule has 2 aromatic rings.